The number of unbranched alkanes of at least 4 members (excludes halogenated alkanes) is 10. The van der Waals surface area contributed by atoms with E-state index in [-0.39, 0.29) is 11.9 Å². The predicted octanol–water partition coefficient (Wildman–Crippen LogP) is 7.00. The van der Waals surface area contributed by atoms with Crippen LogP contribution in [0.3, 0.4) is 0 Å². The Kier molecular flexibility index (Phi) is 14.0. The van der Waals surface area contributed by atoms with E-state index in [1.807, 2.05) is 0 Å². The van der Waals surface area contributed by atoms with Gasteiger partial charge in [0.1, 0.15) is 11.5 Å². The van der Waals surface area contributed by atoms with Gasteiger partial charge in [-0.3, -0.25) is 9.59 Å². The molecular weight excluding hydrogens is 352 g/mol. The fourth-order valence-electron chi connectivity index (χ4n) is 3.07. The molecular formula is C24H38O4. The number of benzene rings is 1. The molecule has 158 valence electrons. The number of rotatable bonds is 16. The van der Waals surface area contributed by atoms with Crippen molar-refractivity contribution in [1.82, 2.24) is 0 Å². The number of hydrogen-bond donors (Lipinski definition) is 0. The molecule has 1 aromatic rings. The van der Waals surface area contributed by atoms with Gasteiger partial charge in [-0.05, 0) is 25.0 Å². The zero-order valence-electron chi connectivity index (χ0n) is 17.8. The van der Waals surface area contributed by atoms with Crippen LogP contribution in [0.2, 0.25) is 0 Å². The summed E-state index contributed by atoms with van der Waals surface area (Å²) in [6.07, 6.45) is 14.5. The van der Waals surface area contributed by atoms with E-state index in [2.05, 4.69) is 13.8 Å². The number of carbonyl (C=O) groups excluding carboxylic acids is 2. The van der Waals surface area contributed by atoms with E-state index < -0.39 is 0 Å². The third kappa shape index (κ3) is 12.5. The van der Waals surface area contributed by atoms with Crippen LogP contribution in [0.4, 0.5) is 0 Å². The van der Waals surface area contributed by atoms with Crippen molar-refractivity contribution in [1.29, 1.82) is 0 Å². The maximum Gasteiger partial charge on any atom is 0.311 e. The SMILES string of the molecule is CCCCCCCCC(=O)Oc1cccc(OC(=O)CCCCCCCC)c1. The highest BCUT2D eigenvalue weighted by Gasteiger charge is 2.08. The maximum absolute atomic E-state index is 12.0. The number of ether oxygens (including phenoxy) is 2. The first-order valence-corrected chi connectivity index (χ1v) is 11.2. The van der Waals surface area contributed by atoms with E-state index in [0.29, 0.717) is 24.3 Å². The van der Waals surface area contributed by atoms with Crippen LogP contribution in [0.5, 0.6) is 11.5 Å². The largest absolute Gasteiger partial charge is 0.426 e. The Hall–Kier alpha value is -1.84. The zero-order valence-corrected chi connectivity index (χ0v) is 17.8. The highest BCUT2D eigenvalue weighted by atomic mass is 16.5. The molecule has 0 atom stereocenters. The Bertz CT molecular complexity index is 508. The van der Waals surface area contributed by atoms with Crippen molar-refractivity contribution in [3.05, 3.63) is 24.3 Å². The average molecular weight is 391 g/mol. The van der Waals surface area contributed by atoms with Crippen molar-refractivity contribution in [3.63, 3.8) is 0 Å². The molecule has 0 saturated heterocycles. The van der Waals surface area contributed by atoms with Crippen molar-refractivity contribution < 1.29 is 19.1 Å². The molecule has 0 spiro atoms. The number of carbonyl (C=O) groups is 2. The molecule has 0 aliphatic rings. The first kappa shape index (κ1) is 24.2. The summed E-state index contributed by atoms with van der Waals surface area (Å²) in [4.78, 5) is 23.9. The van der Waals surface area contributed by atoms with Crippen LogP contribution in [-0.4, -0.2) is 11.9 Å². The van der Waals surface area contributed by atoms with Gasteiger partial charge in [-0.1, -0.05) is 84.1 Å². The molecule has 0 aliphatic heterocycles. The predicted molar refractivity (Wildman–Crippen MR) is 114 cm³/mol. The van der Waals surface area contributed by atoms with Gasteiger partial charge in [0.05, 0.1) is 0 Å². The molecule has 1 rings (SSSR count). The van der Waals surface area contributed by atoms with Gasteiger partial charge < -0.3 is 9.47 Å². The minimum atomic E-state index is -0.231. The van der Waals surface area contributed by atoms with Crippen molar-refractivity contribution in [2.75, 3.05) is 0 Å². The molecule has 0 radical (unpaired) electrons. The lowest BCUT2D eigenvalue weighted by Crippen LogP contribution is -2.09. The van der Waals surface area contributed by atoms with Crippen LogP contribution in [-0.2, 0) is 9.59 Å². The van der Waals surface area contributed by atoms with Gasteiger partial charge in [0, 0.05) is 18.9 Å². The number of esters is 2. The van der Waals surface area contributed by atoms with E-state index >= 15 is 0 Å². The smallest absolute Gasteiger partial charge is 0.311 e. The van der Waals surface area contributed by atoms with Gasteiger partial charge in [0.2, 0.25) is 0 Å². The summed E-state index contributed by atoms with van der Waals surface area (Å²) >= 11 is 0. The summed E-state index contributed by atoms with van der Waals surface area (Å²) in [6, 6.07) is 6.77. The molecule has 0 saturated carbocycles. The van der Waals surface area contributed by atoms with Crippen LogP contribution in [0.25, 0.3) is 0 Å². The van der Waals surface area contributed by atoms with Crippen molar-refractivity contribution in [3.8, 4) is 11.5 Å². The Morgan fingerprint density at radius 1 is 0.643 bits per heavy atom. The summed E-state index contributed by atoms with van der Waals surface area (Å²) in [6.45, 7) is 4.38. The van der Waals surface area contributed by atoms with E-state index in [1.165, 1.54) is 51.4 Å². The highest BCUT2D eigenvalue weighted by molar-refractivity contribution is 5.74. The normalized spacial score (nSPS) is 10.6. The summed E-state index contributed by atoms with van der Waals surface area (Å²) in [7, 11) is 0. The Labute approximate surface area is 171 Å². The monoisotopic (exact) mass is 390 g/mol. The first-order valence-electron chi connectivity index (χ1n) is 11.2. The molecule has 0 aliphatic carbocycles. The Morgan fingerprint density at radius 3 is 1.46 bits per heavy atom. The fourth-order valence-corrected chi connectivity index (χ4v) is 3.07. The van der Waals surface area contributed by atoms with Crippen LogP contribution < -0.4 is 9.47 Å². The second-order valence-electron chi connectivity index (χ2n) is 7.46. The third-order valence-corrected chi connectivity index (χ3v) is 4.74. The molecule has 0 unspecified atom stereocenters. The van der Waals surface area contributed by atoms with Crippen LogP contribution in [0.15, 0.2) is 24.3 Å². The van der Waals surface area contributed by atoms with Gasteiger partial charge >= 0.3 is 11.9 Å². The Balaban J connectivity index is 2.25. The molecule has 0 N–H and O–H groups in total. The van der Waals surface area contributed by atoms with Crippen LogP contribution in [0, 0.1) is 0 Å². The summed E-state index contributed by atoms with van der Waals surface area (Å²) < 4.78 is 10.7. The maximum atomic E-state index is 12.0. The van der Waals surface area contributed by atoms with E-state index in [4.69, 9.17) is 9.47 Å². The standard InChI is InChI=1S/C24H38O4/c1-3-5-7-9-11-13-18-23(25)27-21-16-15-17-22(20-21)28-24(26)19-14-12-10-8-6-4-2/h15-17,20H,3-14,18-19H2,1-2H3. The van der Waals surface area contributed by atoms with Gasteiger partial charge in [-0.2, -0.15) is 0 Å². The zero-order chi connectivity index (χ0) is 20.5. The Morgan fingerprint density at radius 2 is 1.04 bits per heavy atom. The number of hydrogen-bond acceptors (Lipinski definition) is 4. The fraction of sp³-hybridized carbons (Fsp3) is 0.667. The van der Waals surface area contributed by atoms with E-state index in [9.17, 15) is 9.59 Å². The summed E-state index contributed by atoms with van der Waals surface area (Å²) in [5, 5.41) is 0. The van der Waals surface area contributed by atoms with E-state index in [0.717, 1.165) is 25.7 Å². The van der Waals surface area contributed by atoms with Crippen molar-refractivity contribution >= 4 is 11.9 Å². The molecule has 0 amide bonds. The molecule has 0 aromatic heterocycles. The quantitative estimate of drug-likeness (QED) is 0.173. The average Bonchev–Trinajstić information content (AvgIpc) is 2.67. The van der Waals surface area contributed by atoms with Gasteiger partial charge in [-0.15, -0.1) is 0 Å². The minimum absolute atomic E-state index is 0.231. The van der Waals surface area contributed by atoms with Gasteiger partial charge in [0.15, 0.2) is 0 Å². The topological polar surface area (TPSA) is 52.6 Å². The van der Waals surface area contributed by atoms with Gasteiger partial charge in [0.25, 0.3) is 0 Å². The second kappa shape index (κ2) is 16.1. The first-order chi connectivity index (χ1) is 13.7. The molecule has 0 heterocycles. The van der Waals surface area contributed by atoms with Crippen LogP contribution >= 0.6 is 0 Å². The summed E-state index contributed by atoms with van der Waals surface area (Å²) in [5.41, 5.74) is 0. The third-order valence-electron chi connectivity index (χ3n) is 4.74. The summed E-state index contributed by atoms with van der Waals surface area (Å²) in [5.74, 6) is 0.402. The molecule has 4 heteroatoms. The van der Waals surface area contributed by atoms with Crippen molar-refractivity contribution in [2.45, 2.75) is 104 Å². The second-order valence-corrected chi connectivity index (χ2v) is 7.46. The van der Waals surface area contributed by atoms with Crippen LogP contribution in [0.1, 0.15) is 104 Å². The van der Waals surface area contributed by atoms with Gasteiger partial charge in [-0.25, -0.2) is 0 Å². The lowest BCUT2D eigenvalue weighted by molar-refractivity contribution is -0.135. The molecule has 4 nitrogen and oxygen atoms in total. The van der Waals surface area contributed by atoms with E-state index in [1.54, 1.807) is 24.3 Å². The molecule has 1 aromatic carbocycles. The molecule has 28 heavy (non-hydrogen) atoms. The minimum Gasteiger partial charge on any atom is -0.426 e. The lowest BCUT2D eigenvalue weighted by atomic mass is 10.1. The molecule has 0 fully saturated rings. The van der Waals surface area contributed by atoms with Crippen molar-refractivity contribution in [2.24, 2.45) is 0 Å². The lowest BCUT2D eigenvalue weighted by Gasteiger charge is -2.08. The highest BCUT2D eigenvalue weighted by Crippen LogP contribution is 2.21. The molecule has 0 bridgehead atoms.